The van der Waals surface area contributed by atoms with Crippen LogP contribution >= 0.6 is 0 Å². The highest BCUT2D eigenvalue weighted by Gasteiger charge is 2.11. The number of hydrogen-bond acceptors (Lipinski definition) is 3. The molecule has 1 heterocycles. The molecule has 0 aliphatic heterocycles. The molecular weight excluding hydrogens is 142 g/mol. The van der Waals surface area contributed by atoms with Crippen molar-refractivity contribution in [3.63, 3.8) is 0 Å². The van der Waals surface area contributed by atoms with Gasteiger partial charge < -0.3 is 9.52 Å². The van der Waals surface area contributed by atoms with E-state index in [9.17, 15) is 0 Å². The van der Waals surface area contributed by atoms with Crippen molar-refractivity contribution in [1.29, 1.82) is 0 Å². The van der Waals surface area contributed by atoms with Gasteiger partial charge in [-0.25, -0.2) is 4.98 Å². The Morgan fingerprint density at radius 2 is 2.18 bits per heavy atom. The Balaban J connectivity index is 2.97. The van der Waals surface area contributed by atoms with Crippen molar-refractivity contribution in [3.8, 4) is 0 Å². The van der Waals surface area contributed by atoms with Gasteiger partial charge >= 0.3 is 0 Å². The van der Waals surface area contributed by atoms with Gasteiger partial charge in [0.2, 0.25) is 5.89 Å². The lowest BCUT2D eigenvalue weighted by Gasteiger charge is -1.98. The van der Waals surface area contributed by atoms with Crippen molar-refractivity contribution < 1.29 is 9.52 Å². The summed E-state index contributed by atoms with van der Waals surface area (Å²) in [5.41, 5.74) is 0.879. The summed E-state index contributed by atoms with van der Waals surface area (Å²) in [4.78, 5) is 4.03. The zero-order valence-corrected chi connectivity index (χ0v) is 7.09. The molecule has 0 spiro atoms. The Labute approximate surface area is 66.1 Å². The van der Waals surface area contributed by atoms with Crippen molar-refractivity contribution in [2.45, 2.75) is 33.3 Å². The van der Waals surface area contributed by atoms with Gasteiger partial charge in [-0.2, -0.15) is 0 Å². The first-order valence-corrected chi connectivity index (χ1v) is 3.72. The number of oxazole rings is 1. The summed E-state index contributed by atoms with van der Waals surface area (Å²) in [6.07, 6.45) is 0. The quantitative estimate of drug-likeness (QED) is 0.705. The average molecular weight is 155 g/mol. The van der Waals surface area contributed by atoms with Gasteiger partial charge in [-0.3, -0.25) is 0 Å². The number of aromatic nitrogens is 1. The molecule has 11 heavy (non-hydrogen) atoms. The van der Waals surface area contributed by atoms with Crippen LogP contribution in [0.25, 0.3) is 0 Å². The third-order valence-electron chi connectivity index (χ3n) is 1.54. The minimum absolute atomic E-state index is 0.118. The fourth-order valence-electron chi connectivity index (χ4n) is 1.07. The van der Waals surface area contributed by atoms with Gasteiger partial charge in [0.05, 0.1) is 5.69 Å². The molecule has 0 radical (unpaired) electrons. The van der Waals surface area contributed by atoms with Crippen LogP contribution in [0, 0.1) is 6.92 Å². The molecule has 0 aliphatic rings. The molecule has 0 aromatic carbocycles. The van der Waals surface area contributed by atoms with E-state index in [0.29, 0.717) is 11.8 Å². The Kier molecular flexibility index (Phi) is 2.29. The molecule has 1 aromatic rings. The lowest BCUT2D eigenvalue weighted by atomic mass is 10.1. The standard InChI is InChI=1S/C8H13NO2/c1-5(2)8-6(3)9-7(4-10)11-8/h5,10H,4H2,1-3H3. The largest absolute Gasteiger partial charge is 0.443 e. The number of aliphatic hydroxyl groups excluding tert-OH is 1. The first-order chi connectivity index (χ1) is 5.15. The zero-order chi connectivity index (χ0) is 8.43. The van der Waals surface area contributed by atoms with E-state index in [4.69, 9.17) is 9.52 Å². The fraction of sp³-hybridized carbons (Fsp3) is 0.625. The van der Waals surface area contributed by atoms with E-state index in [1.165, 1.54) is 0 Å². The Morgan fingerprint density at radius 1 is 1.55 bits per heavy atom. The normalized spacial score (nSPS) is 11.0. The van der Waals surface area contributed by atoms with Crippen LogP contribution in [-0.4, -0.2) is 10.1 Å². The molecule has 0 fully saturated rings. The van der Waals surface area contributed by atoms with E-state index in [2.05, 4.69) is 4.98 Å². The van der Waals surface area contributed by atoms with Crippen molar-refractivity contribution in [2.24, 2.45) is 0 Å². The van der Waals surface area contributed by atoms with Crippen LogP contribution < -0.4 is 0 Å². The van der Waals surface area contributed by atoms with Gasteiger partial charge in [0, 0.05) is 5.92 Å². The minimum atomic E-state index is -0.118. The molecule has 3 heteroatoms. The van der Waals surface area contributed by atoms with E-state index in [0.717, 1.165) is 11.5 Å². The van der Waals surface area contributed by atoms with Crippen LogP contribution in [0.5, 0.6) is 0 Å². The molecule has 3 nitrogen and oxygen atoms in total. The predicted molar refractivity (Wildman–Crippen MR) is 41.3 cm³/mol. The van der Waals surface area contributed by atoms with Crippen LogP contribution in [0.2, 0.25) is 0 Å². The molecule has 0 aliphatic carbocycles. The third-order valence-corrected chi connectivity index (χ3v) is 1.54. The molecule has 0 atom stereocenters. The maximum absolute atomic E-state index is 8.70. The Morgan fingerprint density at radius 3 is 2.45 bits per heavy atom. The second-order valence-electron chi connectivity index (χ2n) is 2.87. The topological polar surface area (TPSA) is 46.3 Å². The number of aryl methyl sites for hydroxylation is 1. The van der Waals surface area contributed by atoms with E-state index in [1.54, 1.807) is 0 Å². The number of aliphatic hydroxyl groups is 1. The second-order valence-corrected chi connectivity index (χ2v) is 2.87. The first kappa shape index (κ1) is 8.27. The molecule has 62 valence electrons. The van der Waals surface area contributed by atoms with Gasteiger partial charge in [0.1, 0.15) is 12.4 Å². The van der Waals surface area contributed by atoms with E-state index < -0.39 is 0 Å². The molecule has 0 saturated carbocycles. The van der Waals surface area contributed by atoms with Crippen molar-refractivity contribution in [3.05, 3.63) is 17.3 Å². The summed E-state index contributed by atoms with van der Waals surface area (Å²) in [6, 6.07) is 0. The number of hydrogen-bond donors (Lipinski definition) is 1. The summed E-state index contributed by atoms with van der Waals surface area (Å²) in [5, 5.41) is 8.70. The van der Waals surface area contributed by atoms with E-state index in [-0.39, 0.29) is 6.61 Å². The fourth-order valence-corrected chi connectivity index (χ4v) is 1.07. The molecule has 0 saturated heterocycles. The molecule has 0 bridgehead atoms. The predicted octanol–water partition coefficient (Wildman–Crippen LogP) is 1.60. The molecule has 0 amide bonds. The zero-order valence-electron chi connectivity index (χ0n) is 7.09. The summed E-state index contributed by atoms with van der Waals surface area (Å²) in [5.74, 6) is 1.61. The number of rotatable bonds is 2. The van der Waals surface area contributed by atoms with Crippen LogP contribution in [0.15, 0.2) is 4.42 Å². The van der Waals surface area contributed by atoms with Gasteiger partial charge in [0.15, 0.2) is 0 Å². The highest BCUT2D eigenvalue weighted by molar-refractivity contribution is 5.11. The Bertz CT molecular complexity index is 240. The number of nitrogens with zero attached hydrogens (tertiary/aromatic N) is 1. The summed E-state index contributed by atoms with van der Waals surface area (Å²) in [7, 11) is 0. The van der Waals surface area contributed by atoms with Gasteiger partial charge in [-0.15, -0.1) is 0 Å². The highest BCUT2D eigenvalue weighted by Crippen LogP contribution is 2.19. The molecule has 1 aromatic heterocycles. The second kappa shape index (κ2) is 3.05. The van der Waals surface area contributed by atoms with Crippen molar-refractivity contribution in [1.82, 2.24) is 4.98 Å². The third kappa shape index (κ3) is 1.60. The lowest BCUT2D eigenvalue weighted by molar-refractivity contribution is 0.235. The first-order valence-electron chi connectivity index (χ1n) is 3.72. The average Bonchev–Trinajstić information content (AvgIpc) is 2.30. The highest BCUT2D eigenvalue weighted by atomic mass is 16.4. The molecule has 1 N–H and O–H groups in total. The monoisotopic (exact) mass is 155 g/mol. The maximum Gasteiger partial charge on any atom is 0.220 e. The summed E-state index contributed by atoms with van der Waals surface area (Å²) < 4.78 is 5.26. The van der Waals surface area contributed by atoms with Gasteiger partial charge in [0.25, 0.3) is 0 Å². The Hall–Kier alpha value is -0.830. The van der Waals surface area contributed by atoms with Crippen molar-refractivity contribution in [2.75, 3.05) is 0 Å². The van der Waals surface area contributed by atoms with E-state index in [1.807, 2.05) is 20.8 Å². The van der Waals surface area contributed by atoms with Gasteiger partial charge in [-0.1, -0.05) is 13.8 Å². The van der Waals surface area contributed by atoms with Crippen LogP contribution in [-0.2, 0) is 6.61 Å². The van der Waals surface area contributed by atoms with Crippen molar-refractivity contribution >= 4 is 0 Å². The molecule has 1 rings (SSSR count). The molecule has 0 unspecified atom stereocenters. The molecular formula is C8H13NO2. The maximum atomic E-state index is 8.70. The summed E-state index contributed by atoms with van der Waals surface area (Å²) in [6.45, 7) is 5.84. The van der Waals surface area contributed by atoms with Crippen LogP contribution in [0.1, 0.15) is 37.1 Å². The van der Waals surface area contributed by atoms with Gasteiger partial charge in [-0.05, 0) is 6.92 Å². The van der Waals surface area contributed by atoms with Crippen LogP contribution in [0.4, 0.5) is 0 Å². The lowest BCUT2D eigenvalue weighted by Crippen LogP contribution is -1.86. The minimum Gasteiger partial charge on any atom is -0.443 e. The summed E-state index contributed by atoms with van der Waals surface area (Å²) >= 11 is 0. The SMILES string of the molecule is Cc1nc(CO)oc1C(C)C. The van der Waals surface area contributed by atoms with E-state index >= 15 is 0 Å². The smallest absolute Gasteiger partial charge is 0.220 e. The van der Waals surface area contributed by atoms with Crippen LogP contribution in [0.3, 0.4) is 0 Å².